The van der Waals surface area contributed by atoms with Crippen molar-refractivity contribution in [3.05, 3.63) is 29.1 Å². The van der Waals surface area contributed by atoms with Gasteiger partial charge in [-0.3, -0.25) is 4.79 Å². The van der Waals surface area contributed by atoms with Crippen LogP contribution in [0.3, 0.4) is 0 Å². The Morgan fingerprint density at radius 1 is 1.39 bits per heavy atom. The largest absolute Gasteiger partial charge is 0.467 e. The van der Waals surface area contributed by atoms with Crippen molar-refractivity contribution in [1.29, 1.82) is 0 Å². The van der Waals surface area contributed by atoms with Crippen molar-refractivity contribution in [2.24, 2.45) is 0 Å². The molecule has 0 aromatic heterocycles. The second kappa shape index (κ2) is 7.75. The lowest BCUT2D eigenvalue weighted by Gasteiger charge is -2.21. The average Bonchev–Trinajstić information content (AvgIpc) is 3.06. The lowest BCUT2D eigenvalue weighted by molar-refractivity contribution is -0.121. The zero-order valence-electron chi connectivity index (χ0n) is 13.1. The lowest BCUT2D eigenvalue weighted by Crippen LogP contribution is -2.27. The van der Waals surface area contributed by atoms with Gasteiger partial charge < -0.3 is 19.5 Å². The van der Waals surface area contributed by atoms with Crippen LogP contribution in [0.25, 0.3) is 0 Å². The van der Waals surface area contributed by atoms with E-state index in [1.165, 1.54) is 12.1 Å². The summed E-state index contributed by atoms with van der Waals surface area (Å²) in [6.45, 7) is 1.80. The Morgan fingerprint density at radius 2 is 2.30 bits per heavy atom. The summed E-state index contributed by atoms with van der Waals surface area (Å²) in [5.41, 5.74) is 1.48. The Hall–Kier alpha value is -1.66. The first-order valence-corrected chi connectivity index (χ1v) is 8.12. The highest BCUT2D eigenvalue weighted by molar-refractivity contribution is 5.75. The van der Waals surface area contributed by atoms with Gasteiger partial charge in [-0.1, -0.05) is 0 Å². The fraction of sp³-hybridized carbons (Fsp3) is 0.588. The molecule has 2 aliphatic rings. The number of fused-ring (bicyclic) bond motifs is 1. The molecular weight excluding hydrogens is 301 g/mol. The number of ether oxygens (including phenoxy) is 3. The molecule has 1 aromatic carbocycles. The van der Waals surface area contributed by atoms with Crippen molar-refractivity contribution in [1.82, 2.24) is 5.32 Å². The van der Waals surface area contributed by atoms with Gasteiger partial charge in [-0.2, -0.15) is 0 Å². The van der Waals surface area contributed by atoms with Crippen LogP contribution in [0.2, 0.25) is 0 Å². The van der Waals surface area contributed by atoms with E-state index < -0.39 is 0 Å². The standard InChI is InChI=1S/C17H22FNO4/c18-14-8-12(17-13(9-14)10-21-11-23-17)5-6-19-16(20)4-3-15-2-1-7-22-15/h8-9,15H,1-7,10-11H2,(H,19,20)/t15-/m0/s1. The molecule has 5 nitrogen and oxygen atoms in total. The highest BCUT2D eigenvalue weighted by Crippen LogP contribution is 2.29. The Labute approximate surface area is 135 Å². The number of amides is 1. The summed E-state index contributed by atoms with van der Waals surface area (Å²) < 4.78 is 29.7. The van der Waals surface area contributed by atoms with Gasteiger partial charge in [-0.05, 0) is 43.4 Å². The third-order valence-electron chi connectivity index (χ3n) is 4.19. The predicted octanol–water partition coefficient (Wildman–Crippen LogP) is 2.31. The SMILES string of the molecule is O=C(CC[C@@H]1CCCO1)NCCc1cc(F)cc2c1OCOC2. The summed E-state index contributed by atoms with van der Waals surface area (Å²) in [4.78, 5) is 11.9. The maximum Gasteiger partial charge on any atom is 0.220 e. The second-order valence-electron chi connectivity index (χ2n) is 5.94. The van der Waals surface area contributed by atoms with Crippen molar-refractivity contribution in [3.8, 4) is 5.75 Å². The number of carbonyl (C=O) groups excluding carboxylic acids is 1. The quantitative estimate of drug-likeness (QED) is 0.873. The van der Waals surface area contributed by atoms with Gasteiger partial charge in [0.05, 0.1) is 12.7 Å². The fourth-order valence-electron chi connectivity index (χ4n) is 3.03. The molecule has 0 bridgehead atoms. The van der Waals surface area contributed by atoms with Crippen LogP contribution in [0, 0.1) is 5.82 Å². The first-order chi connectivity index (χ1) is 11.2. The van der Waals surface area contributed by atoms with Crippen LogP contribution >= 0.6 is 0 Å². The van der Waals surface area contributed by atoms with Crippen molar-refractivity contribution >= 4 is 5.91 Å². The third kappa shape index (κ3) is 4.42. The molecule has 1 aromatic rings. The van der Waals surface area contributed by atoms with Gasteiger partial charge in [-0.15, -0.1) is 0 Å². The first kappa shape index (κ1) is 16.2. The van der Waals surface area contributed by atoms with E-state index in [9.17, 15) is 9.18 Å². The molecule has 0 aliphatic carbocycles. The monoisotopic (exact) mass is 323 g/mol. The normalized spacial score (nSPS) is 20.0. The van der Waals surface area contributed by atoms with Gasteiger partial charge in [-0.25, -0.2) is 4.39 Å². The number of carbonyl (C=O) groups is 1. The van der Waals surface area contributed by atoms with Crippen molar-refractivity contribution in [2.75, 3.05) is 19.9 Å². The zero-order valence-corrected chi connectivity index (χ0v) is 13.1. The zero-order chi connectivity index (χ0) is 16.1. The van der Waals surface area contributed by atoms with E-state index in [1.54, 1.807) is 0 Å². The van der Waals surface area contributed by atoms with Crippen LogP contribution in [-0.4, -0.2) is 32.0 Å². The van der Waals surface area contributed by atoms with Crippen molar-refractivity contribution in [2.45, 2.75) is 44.8 Å². The number of halogens is 1. The highest BCUT2D eigenvalue weighted by Gasteiger charge is 2.18. The molecule has 2 aliphatic heterocycles. The van der Waals surface area contributed by atoms with Crippen LogP contribution in [-0.2, 0) is 27.3 Å². The third-order valence-corrected chi connectivity index (χ3v) is 4.19. The summed E-state index contributed by atoms with van der Waals surface area (Å²) in [6, 6.07) is 2.89. The molecule has 0 radical (unpaired) electrons. The van der Waals surface area contributed by atoms with E-state index in [2.05, 4.69) is 5.32 Å². The minimum Gasteiger partial charge on any atom is -0.467 e. The Kier molecular flexibility index (Phi) is 5.46. The molecule has 0 unspecified atom stereocenters. The maximum atomic E-state index is 13.6. The minimum absolute atomic E-state index is 0.00928. The summed E-state index contributed by atoms with van der Waals surface area (Å²) in [7, 11) is 0. The van der Waals surface area contributed by atoms with Crippen LogP contribution in [0.15, 0.2) is 12.1 Å². The van der Waals surface area contributed by atoms with E-state index in [0.29, 0.717) is 31.7 Å². The molecule has 2 heterocycles. The molecule has 23 heavy (non-hydrogen) atoms. The minimum atomic E-state index is -0.308. The van der Waals surface area contributed by atoms with Gasteiger partial charge in [0.15, 0.2) is 6.79 Å². The number of rotatable bonds is 6. The number of hydrogen-bond acceptors (Lipinski definition) is 4. The van der Waals surface area contributed by atoms with Gasteiger partial charge >= 0.3 is 0 Å². The fourth-order valence-corrected chi connectivity index (χ4v) is 3.03. The summed E-state index contributed by atoms with van der Waals surface area (Å²) >= 11 is 0. The van der Waals surface area contributed by atoms with E-state index >= 15 is 0 Å². The first-order valence-electron chi connectivity index (χ1n) is 8.12. The molecule has 126 valence electrons. The molecule has 1 atom stereocenters. The molecule has 3 rings (SSSR count). The summed E-state index contributed by atoms with van der Waals surface area (Å²) in [6.07, 6.45) is 4.12. The Bertz CT molecular complexity index is 558. The molecule has 0 saturated carbocycles. The molecule has 1 N–H and O–H groups in total. The number of hydrogen-bond donors (Lipinski definition) is 1. The van der Waals surface area contributed by atoms with Crippen LogP contribution in [0.5, 0.6) is 5.75 Å². The van der Waals surface area contributed by atoms with Crippen LogP contribution < -0.4 is 10.1 Å². The molecule has 0 spiro atoms. The summed E-state index contributed by atoms with van der Waals surface area (Å²) in [5.74, 6) is 0.388. The molecule has 1 fully saturated rings. The van der Waals surface area contributed by atoms with Gasteiger partial charge in [0.1, 0.15) is 11.6 Å². The molecule has 1 saturated heterocycles. The van der Waals surface area contributed by atoms with Crippen LogP contribution in [0.1, 0.15) is 36.8 Å². The Morgan fingerprint density at radius 3 is 3.13 bits per heavy atom. The van der Waals surface area contributed by atoms with Gasteiger partial charge in [0.2, 0.25) is 5.91 Å². The predicted molar refractivity (Wildman–Crippen MR) is 81.6 cm³/mol. The van der Waals surface area contributed by atoms with Gasteiger partial charge in [0, 0.05) is 25.1 Å². The topological polar surface area (TPSA) is 56.8 Å². The molecule has 1 amide bonds. The van der Waals surface area contributed by atoms with E-state index in [0.717, 1.165) is 37.0 Å². The average molecular weight is 323 g/mol. The van der Waals surface area contributed by atoms with Crippen molar-refractivity contribution in [3.63, 3.8) is 0 Å². The highest BCUT2D eigenvalue weighted by atomic mass is 19.1. The number of benzene rings is 1. The van der Waals surface area contributed by atoms with E-state index in [4.69, 9.17) is 14.2 Å². The summed E-state index contributed by atoms with van der Waals surface area (Å²) in [5, 5.41) is 2.88. The number of nitrogens with one attached hydrogen (secondary N) is 1. The van der Waals surface area contributed by atoms with Gasteiger partial charge in [0.25, 0.3) is 0 Å². The Balaban J connectivity index is 1.46. The molecule has 6 heteroatoms. The smallest absolute Gasteiger partial charge is 0.220 e. The van der Waals surface area contributed by atoms with Crippen LogP contribution in [0.4, 0.5) is 4.39 Å². The van der Waals surface area contributed by atoms with E-state index in [1.807, 2.05) is 0 Å². The molecular formula is C17H22FNO4. The second-order valence-corrected chi connectivity index (χ2v) is 5.94. The van der Waals surface area contributed by atoms with Crippen molar-refractivity contribution < 1.29 is 23.4 Å². The van der Waals surface area contributed by atoms with E-state index in [-0.39, 0.29) is 24.6 Å². The maximum absolute atomic E-state index is 13.6. The lowest BCUT2D eigenvalue weighted by atomic mass is 10.1.